The average Bonchev–Trinajstić information content (AvgIpc) is 2.74. The molecule has 1 atom stereocenters. The number of rotatable bonds is 5. The van der Waals surface area contributed by atoms with E-state index in [1.165, 1.54) is 0 Å². The summed E-state index contributed by atoms with van der Waals surface area (Å²) in [5.74, 6) is 0.349. The Labute approximate surface area is 125 Å². The van der Waals surface area contributed by atoms with E-state index in [2.05, 4.69) is 21.4 Å². The molecule has 6 nitrogen and oxygen atoms in total. The number of hydrogen-bond donors (Lipinski definition) is 1. The standard InChI is InChI=1S/C13H15BrN2O4/c1-2-3-11(17)15-16-12(8-19-13(16)18)20-10-6-4-9(14)5-7-10/h4-7,12H,2-3,8H2,1H3,(H,15,17). The lowest BCUT2D eigenvalue weighted by Gasteiger charge is -2.22. The summed E-state index contributed by atoms with van der Waals surface area (Å²) in [7, 11) is 0. The minimum atomic E-state index is -0.663. The van der Waals surface area contributed by atoms with Gasteiger partial charge in [0.1, 0.15) is 5.75 Å². The van der Waals surface area contributed by atoms with Gasteiger partial charge in [0.2, 0.25) is 12.1 Å². The Kier molecular flexibility index (Phi) is 4.84. The summed E-state index contributed by atoms with van der Waals surface area (Å²) in [6.07, 6.45) is -0.233. The number of amides is 2. The fourth-order valence-corrected chi connectivity index (χ4v) is 1.96. The van der Waals surface area contributed by atoms with E-state index in [0.717, 1.165) is 9.48 Å². The minimum Gasteiger partial charge on any atom is -0.465 e. The highest BCUT2D eigenvalue weighted by Gasteiger charge is 2.36. The zero-order valence-electron chi connectivity index (χ0n) is 11.0. The highest BCUT2D eigenvalue weighted by atomic mass is 79.9. The summed E-state index contributed by atoms with van der Waals surface area (Å²) in [5.41, 5.74) is 2.50. The van der Waals surface area contributed by atoms with Crippen molar-refractivity contribution in [3.8, 4) is 5.75 Å². The summed E-state index contributed by atoms with van der Waals surface area (Å²) < 4.78 is 11.5. The van der Waals surface area contributed by atoms with Gasteiger partial charge in [-0.05, 0) is 30.7 Å². The highest BCUT2D eigenvalue weighted by Crippen LogP contribution is 2.20. The Morgan fingerprint density at radius 1 is 1.50 bits per heavy atom. The Balaban J connectivity index is 2.00. The number of ether oxygens (including phenoxy) is 2. The van der Waals surface area contributed by atoms with Crippen molar-refractivity contribution >= 4 is 27.9 Å². The topological polar surface area (TPSA) is 67.9 Å². The summed E-state index contributed by atoms with van der Waals surface area (Å²) in [6.45, 7) is 1.96. The molecule has 2 amide bonds. The molecular formula is C13H15BrN2O4. The minimum absolute atomic E-state index is 0.0707. The number of carbonyl (C=O) groups excluding carboxylic acids is 2. The lowest BCUT2D eigenvalue weighted by Crippen LogP contribution is -2.49. The normalized spacial score (nSPS) is 17.8. The maximum absolute atomic E-state index is 11.6. The quantitative estimate of drug-likeness (QED) is 0.892. The van der Waals surface area contributed by atoms with Crippen LogP contribution in [0.4, 0.5) is 4.79 Å². The van der Waals surface area contributed by atoms with Crippen LogP contribution in [-0.4, -0.2) is 29.8 Å². The van der Waals surface area contributed by atoms with Gasteiger partial charge in [0.15, 0.2) is 6.61 Å². The molecule has 2 rings (SSSR count). The first-order valence-corrected chi connectivity index (χ1v) is 7.07. The van der Waals surface area contributed by atoms with E-state index in [0.29, 0.717) is 18.6 Å². The van der Waals surface area contributed by atoms with Gasteiger partial charge in [-0.2, -0.15) is 5.01 Å². The molecule has 1 N–H and O–H groups in total. The van der Waals surface area contributed by atoms with Gasteiger partial charge in [-0.15, -0.1) is 0 Å². The van der Waals surface area contributed by atoms with Gasteiger partial charge in [0.05, 0.1) is 0 Å². The van der Waals surface area contributed by atoms with Crippen LogP contribution in [0.5, 0.6) is 5.75 Å². The molecule has 7 heteroatoms. The lowest BCUT2D eigenvalue weighted by atomic mass is 10.3. The van der Waals surface area contributed by atoms with Crippen LogP contribution in [0.2, 0.25) is 0 Å². The molecule has 1 saturated heterocycles. The van der Waals surface area contributed by atoms with Crippen LogP contribution in [0, 0.1) is 0 Å². The number of cyclic esters (lactones) is 1. The van der Waals surface area contributed by atoms with Gasteiger partial charge in [-0.1, -0.05) is 22.9 Å². The second-order valence-corrected chi connectivity index (χ2v) is 5.17. The lowest BCUT2D eigenvalue weighted by molar-refractivity contribution is -0.127. The Bertz CT molecular complexity index is 492. The van der Waals surface area contributed by atoms with E-state index >= 15 is 0 Å². The SMILES string of the molecule is CCCC(=O)NN1C(=O)OCC1Oc1ccc(Br)cc1. The summed E-state index contributed by atoms with van der Waals surface area (Å²) in [5, 5.41) is 1.08. The Morgan fingerprint density at radius 3 is 2.85 bits per heavy atom. The first-order chi connectivity index (χ1) is 9.60. The molecule has 0 radical (unpaired) electrons. The molecule has 0 bridgehead atoms. The van der Waals surface area contributed by atoms with E-state index < -0.39 is 12.3 Å². The largest absolute Gasteiger partial charge is 0.465 e. The van der Waals surface area contributed by atoms with E-state index in [9.17, 15) is 9.59 Å². The zero-order chi connectivity index (χ0) is 14.5. The molecule has 1 aromatic carbocycles. The molecule has 1 aliphatic rings. The van der Waals surface area contributed by atoms with Gasteiger partial charge in [-0.25, -0.2) is 4.79 Å². The summed E-state index contributed by atoms with van der Waals surface area (Å²) in [4.78, 5) is 23.1. The first-order valence-electron chi connectivity index (χ1n) is 6.28. The molecule has 1 unspecified atom stereocenters. The van der Waals surface area contributed by atoms with Crippen LogP contribution in [0.1, 0.15) is 19.8 Å². The average molecular weight is 343 g/mol. The van der Waals surface area contributed by atoms with Crippen molar-refractivity contribution in [3.63, 3.8) is 0 Å². The second kappa shape index (κ2) is 6.60. The fourth-order valence-electron chi connectivity index (χ4n) is 1.70. The number of hydrogen-bond acceptors (Lipinski definition) is 4. The molecule has 0 aromatic heterocycles. The van der Waals surface area contributed by atoms with Gasteiger partial charge in [0, 0.05) is 10.9 Å². The van der Waals surface area contributed by atoms with Gasteiger partial charge >= 0.3 is 6.09 Å². The number of nitrogens with zero attached hydrogens (tertiary/aromatic N) is 1. The van der Waals surface area contributed by atoms with E-state index in [1.54, 1.807) is 12.1 Å². The van der Waals surface area contributed by atoms with Crippen molar-refractivity contribution in [2.45, 2.75) is 26.0 Å². The van der Waals surface area contributed by atoms with E-state index in [4.69, 9.17) is 9.47 Å². The monoisotopic (exact) mass is 342 g/mol. The Hall–Kier alpha value is -1.76. The number of hydrazine groups is 1. The molecule has 0 saturated carbocycles. The van der Waals surface area contributed by atoms with Crippen molar-refractivity contribution in [2.75, 3.05) is 6.61 Å². The van der Waals surface area contributed by atoms with Crippen LogP contribution in [-0.2, 0) is 9.53 Å². The maximum Gasteiger partial charge on any atom is 0.432 e. The van der Waals surface area contributed by atoms with Crippen molar-refractivity contribution in [2.24, 2.45) is 0 Å². The van der Waals surface area contributed by atoms with Crippen LogP contribution >= 0.6 is 15.9 Å². The van der Waals surface area contributed by atoms with Gasteiger partial charge in [-0.3, -0.25) is 10.2 Å². The van der Waals surface area contributed by atoms with Crippen molar-refractivity contribution in [1.29, 1.82) is 0 Å². The third-order valence-electron chi connectivity index (χ3n) is 2.64. The number of nitrogens with one attached hydrogen (secondary N) is 1. The van der Waals surface area contributed by atoms with Crippen LogP contribution in [0.15, 0.2) is 28.7 Å². The smallest absolute Gasteiger partial charge is 0.432 e. The van der Waals surface area contributed by atoms with E-state index in [1.807, 2.05) is 19.1 Å². The number of benzene rings is 1. The molecule has 1 aromatic rings. The fraction of sp³-hybridized carbons (Fsp3) is 0.385. The highest BCUT2D eigenvalue weighted by molar-refractivity contribution is 9.10. The predicted molar refractivity (Wildman–Crippen MR) is 74.8 cm³/mol. The third-order valence-corrected chi connectivity index (χ3v) is 3.17. The molecule has 0 spiro atoms. The molecule has 0 aliphatic carbocycles. The van der Waals surface area contributed by atoms with Crippen molar-refractivity contribution < 1.29 is 19.1 Å². The first kappa shape index (κ1) is 14.6. The van der Waals surface area contributed by atoms with Crippen LogP contribution < -0.4 is 10.2 Å². The molecular weight excluding hydrogens is 328 g/mol. The van der Waals surface area contributed by atoms with Gasteiger partial charge < -0.3 is 9.47 Å². The number of halogens is 1. The molecule has 108 valence electrons. The molecule has 1 fully saturated rings. The van der Waals surface area contributed by atoms with Crippen molar-refractivity contribution in [1.82, 2.24) is 10.4 Å². The predicted octanol–water partition coefficient (Wildman–Crippen LogP) is 2.44. The van der Waals surface area contributed by atoms with Gasteiger partial charge in [0.25, 0.3) is 0 Å². The van der Waals surface area contributed by atoms with Crippen molar-refractivity contribution in [3.05, 3.63) is 28.7 Å². The van der Waals surface area contributed by atoms with Crippen LogP contribution in [0.25, 0.3) is 0 Å². The van der Waals surface area contributed by atoms with Crippen LogP contribution in [0.3, 0.4) is 0 Å². The number of carbonyl (C=O) groups is 2. The maximum atomic E-state index is 11.6. The third kappa shape index (κ3) is 3.63. The molecule has 20 heavy (non-hydrogen) atoms. The molecule has 1 aliphatic heterocycles. The van der Waals surface area contributed by atoms with E-state index in [-0.39, 0.29) is 12.5 Å². The summed E-state index contributed by atoms with van der Waals surface area (Å²) in [6, 6.07) is 7.18. The molecule has 1 heterocycles. The Morgan fingerprint density at radius 2 is 2.20 bits per heavy atom. The zero-order valence-corrected chi connectivity index (χ0v) is 12.6. The summed E-state index contributed by atoms with van der Waals surface area (Å²) >= 11 is 3.33. The second-order valence-electron chi connectivity index (χ2n) is 4.26.